The molecule has 4 heterocycles. The Balaban J connectivity index is 1.19. The SMILES string of the molecule is O=C(CCN1CC2CCCC2C1)Oc1ccn2cc3cc4ccccc4nc3c2c1. The van der Waals surface area contributed by atoms with Gasteiger partial charge in [-0.25, -0.2) is 4.98 Å². The Kier molecular flexibility index (Phi) is 4.23. The fourth-order valence-electron chi connectivity index (χ4n) is 5.39. The number of hydrogen-bond acceptors (Lipinski definition) is 4. The van der Waals surface area contributed by atoms with E-state index in [1.165, 1.54) is 19.3 Å². The highest BCUT2D eigenvalue weighted by Crippen LogP contribution is 2.37. The summed E-state index contributed by atoms with van der Waals surface area (Å²) >= 11 is 0. The Morgan fingerprint density at radius 1 is 1.07 bits per heavy atom. The van der Waals surface area contributed by atoms with Gasteiger partial charge in [0.25, 0.3) is 0 Å². The van der Waals surface area contributed by atoms with Crippen molar-refractivity contribution in [3.63, 3.8) is 0 Å². The maximum absolute atomic E-state index is 12.5. The molecule has 2 unspecified atom stereocenters. The molecular formula is C25H25N3O2. The van der Waals surface area contributed by atoms with Crippen LogP contribution in [0.2, 0.25) is 0 Å². The van der Waals surface area contributed by atoms with Crippen LogP contribution in [0.5, 0.6) is 5.75 Å². The van der Waals surface area contributed by atoms with Crippen LogP contribution >= 0.6 is 0 Å². The summed E-state index contributed by atoms with van der Waals surface area (Å²) < 4.78 is 7.71. The van der Waals surface area contributed by atoms with E-state index in [1.807, 2.05) is 40.9 Å². The van der Waals surface area contributed by atoms with Crippen molar-refractivity contribution in [3.05, 3.63) is 54.9 Å². The van der Waals surface area contributed by atoms with Crippen molar-refractivity contribution >= 4 is 33.3 Å². The summed E-state index contributed by atoms with van der Waals surface area (Å²) in [4.78, 5) is 19.7. The molecule has 1 saturated carbocycles. The minimum absolute atomic E-state index is 0.161. The lowest BCUT2D eigenvalue weighted by Crippen LogP contribution is -2.26. The van der Waals surface area contributed by atoms with E-state index in [0.717, 1.165) is 58.8 Å². The van der Waals surface area contributed by atoms with E-state index >= 15 is 0 Å². The number of benzene rings is 1. The minimum atomic E-state index is -0.161. The van der Waals surface area contributed by atoms with Gasteiger partial charge >= 0.3 is 5.97 Å². The highest BCUT2D eigenvalue weighted by molar-refractivity contribution is 6.01. The van der Waals surface area contributed by atoms with E-state index in [1.54, 1.807) is 0 Å². The van der Waals surface area contributed by atoms with Crippen LogP contribution in [0.1, 0.15) is 25.7 Å². The third-order valence-electron chi connectivity index (χ3n) is 6.90. The lowest BCUT2D eigenvalue weighted by Gasteiger charge is -2.15. The van der Waals surface area contributed by atoms with Crippen LogP contribution in [-0.4, -0.2) is 39.9 Å². The molecule has 0 bridgehead atoms. The van der Waals surface area contributed by atoms with E-state index in [4.69, 9.17) is 9.72 Å². The van der Waals surface area contributed by atoms with Gasteiger partial charge in [-0.1, -0.05) is 24.6 Å². The van der Waals surface area contributed by atoms with Gasteiger partial charge in [0.15, 0.2) is 0 Å². The van der Waals surface area contributed by atoms with Crippen LogP contribution in [0.3, 0.4) is 0 Å². The van der Waals surface area contributed by atoms with Crippen LogP contribution < -0.4 is 4.74 Å². The summed E-state index contributed by atoms with van der Waals surface area (Å²) in [6.07, 6.45) is 8.55. The monoisotopic (exact) mass is 399 g/mol. The van der Waals surface area contributed by atoms with Crippen molar-refractivity contribution in [2.45, 2.75) is 25.7 Å². The fraction of sp³-hybridized carbons (Fsp3) is 0.360. The third-order valence-corrected chi connectivity index (χ3v) is 6.90. The van der Waals surface area contributed by atoms with E-state index in [2.05, 4.69) is 23.2 Å². The van der Waals surface area contributed by atoms with Gasteiger partial charge in [0.05, 0.1) is 23.0 Å². The van der Waals surface area contributed by atoms with Gasteiger partial charge < -0.3 is 14.0 Å². The summed E-state index contributed by atoms with van der Waals surface area (Å²) in [5.74, 6) is 2.13. The first-order valence-corrected chi connectivity index (χ1v) is 11.0. The summed E-state index contributed by atoms with van der Waals surface area (Å²) in [5.41, 5.74) is 2.85. The Hall–Kier alpha value is -2.92. The molecule has 2 atom stereocenters. The van der Waals surface area contributed by atoms with E-state index in [0.29, 0.717) is 12.2 Å². The predicted molar refractivity (Wildman–Crippen MR) is 118 cm³/mol. The number of pyridine rings is 2. The van der Waals surface area contributed by atoms with Gasteiger partial charge in [0, 0.05) is 48.9 Å². The predicted octanol–water partition coefficient (Wildman–Crippen LogP) is 4.67. The van der Waals surface area contributed by atoms with Gasteiger partial charge in [-0.3, -0.25) is 4.79 Å². The van der Waals surface area contributed by atoms with E-state index in [-0.39, 0.29) is 5.97 Å². The molecule has 0 spiro atoms. The van der Waals surface area contributed by atoms with Crippen LogP contribution in [-0.2, 0) is 4.79 Å². The number of likely N-dealkylation sites (tertiary alicyclic amines) is 1. The zero-order valence-electron chi connectivity index (χ0n) is 17.0. The van der Waals surface area contributed by atoms with Crippen molar-refractivity contribution in [1.82, 2.24) is 14.3 Å². The molecule has 1 saturated heterocycles. The molecule has 0 N–H and O–H groups in total. The molecule has 30 heavy (non-hydrogen) atoms. The number of rotatable bonds is 4. The van der Waals surface area contributed by atoms with Crippen molar-refractivity contribution in [2.24, 2.45) is 11.8 Å². The largest absolute Gasteiger partial charge is 0.426 e. The van der Waals surface area contributed by atoms with Gasteiger partial charge in [-0.2, -0.15) is 0 Å². The Morgan fingerprint density at radius 3 is 2.77 bits per heavy atom. The zero-order valence-corrected chi connectivity index (χ0v) is 17.0. The second-order valence-electron chi connectivity index (χ2n) is 8.84. The lowest BCUT2D eigenvalue weighted by atomic mass is 10.0. The molecular weight excluding hydrogens is 374 g/mol. The zero-order chi connectivity index (χ0) is 20.1. The van der Waals surface area contributed by atoms with Gasteiger partial charge in [-0.15, -0.1) is 0 Å². The first-order valence-electron chi connectivity index (χ1n) is 11.0. The highest BCUT2D eigenvalue weighted by Gasteiger charge is 2.35. The number of fused-ring (bicyclic) bond motifs is 5. The second kappa shape index (κ2) is 7.10. The molecule has 3 aromatic heterocycles. The molecule has 152 valence electrons. The first-order chi connectivity index (χ1) is 14.7. The fourth-order valence-corrected chi connectivity index (χ4v) is 5.39. The molecule has 1 aliphatic heterocycles. The third kappa shape index (κ3) is 3.14. The van der Waals surface area contributed by atoms with Gasteiger partial charge in [0.1, 0.15) is 5.75 Å². The first kappa shape index (κ1) is 17.9. The number of para-hydroxylation sites is 1. The van der Waals surface area contributed by atoms with Crippen LogP contribution in [0.25, 0.3) is 27.3 Å². The minimum Gasteiger partial charge on any atom is -0.426 e. The average molecular weight is 399 g/mol. The number of aromatic nitrogens is 2. The Bertz CT molecular complexity index is 1250. The Labute approximate surface area is 175 Å². The molecule has 1 aliphatic carbocycles. The average Bonchev–Trinajstić information content (AvgIpc) is 3.43. The molecule has 0 radical (unpaired) electrons. The normalized spacial score (nSPS) is 21.6. The second-order valence-corrected chi connectivity index (χ2v) is 8.84. The number of carbonyl (C=O) groups excluding carboxylic acids is 1. The maximum Gasteiger partial charge on any atom is 0.312 e. The van der Waals surface area contributed by atoms with Crippen molar-refractivity contribution in [1.29, 1.82) is 0 Å². The number of esters is 1. The standard InChI is InChI=1S/C25H25N3O2/c29-24(9-10-27-14-18-5-3-6-19(18)15-27)30-21-8-11-28-16-20-12-17-4-1-2-7-22(17)26-25(20)23(28)13-21/h1-2,4,7-8,11-13,16,18-19H,3,5-6,9-10,14-15H2. The number of hydrogen-bond donors (Lipinski definition) is 0. The molecule has 5 heteroatoms. The van der Waals surface area contributed by atoms with Crippen molar-refractivity contribution in [3.8, 4) is 5.75 Å². The molecule has 2 aliphatic rings. The smallest absolute Gasteiger partial charge is 0.312 e. The van der Waals surface area contributed by atoms with E-state index in [9.17, 15) is 4.79 Å². The molecule has 0 amide bonds. The molecule has 1 aromatic carbocycles. The molecule has 5 nitrogen and oxygen atoms in total. The number of carbonyl (C=O) groups is 1. The molecule has 2 fully saturated rings. The van der Waals surface area contributed by atoms with Crippen LogP contribution in [0.4, 0.5) is 0 Å². The van der Waals surface area contributed by atoms with Gasteiger partial charge in [0.2, 0.25) is 0 Å². The number of nitrogens with zero attached hydrogens (tertiary/aromatic N) is 3. The quantitative estimate of drug-likeness (QED) is 0.468. The lowest BCUT2D eigenvalue weighted by molar-refractivity contribution is -0.134. The van der Waals surface area contributed by atoms with Gasteiger partial charge in [-0.05, 0) is 42.9 Å². The summed E-state index contributed by atoms with van der Waals surface area (Å²) in [6.45, 7) is 3.11. The van der Waals surface area contributed by atoms with Crippen LogP contribution in [0, 0.1) is 11.8 Å². The summed E-state index contributed by atoms with van der Waals surface area (Å²) in [5, 5.41) is 2.20. The van der Waals surface area contributed by atoms with Crippen molar-refractivity contribution in [2.75, 3.05) is 19.6 Å². The summed E-state index contributed by atoms with van der Waals surface area (Å²) in [6, 6.07) is 14.0. The molecule has 4 aromatic rings. The van der Waals surface area contributed by atoms with Crippen molar-refractivity contribution < 1.29 is 9.53 Å². The van der Waals surface area contributed by atoms with Crippen LogP contribution in [0.15, 0.2) is 54.9 Å². The maximum atomic E-state index is 12.5. The number of ether oxygens (including phenoxy) is 1. The Morgan fingerprint density at radius 2 is 1.90 bits per heavy atom. The summed E-state index contributed by atoms with van der Waals surface area (Å²) in [7, 11) is 0. The van der Waals surface area contributed by atoms with E-state index < -0.39 is 0 Å². The molecule has 6 rings (SSSR count). The topological polar surface area (TPSA) is 46.8 Å². The highest BCUT2D eigenvalue weighted by atomic mass is 16.5.